The number of rotatable bonds is 7. The van der Waals surface area contributed by atoms with E-state index in [1.165, 1.54) is 37.7 Å². The lowest BCUT2D eigenvalue weighted by Gasteiger charge is -2.18. The van der Waals surface area contributed by atoms with Gasteiger partial charge in [-0.25, -0.2) is 0 Å². The van der Waals surface area contributed by atoms with E-state index in [0.29, 0.717) is 6.42 Å². The van der Waals surface area contributed by atoms with Crippen LogP contribution in [0.4, 0.5) is 11.4 Å². The number of amides is 1. The van der Waals surface area contributed by atoms with Crippen LogP contribution in [-0.4, -0.2) is 12.5 Å². The minimum atomic E-state index is 0.257. The molecule has 0 saturated carbocycles. The van der Waals surface area contributed by atoms with Crippen molar-refractivity contribution in [2.75, 3.05) is 17.2 Å². The molecule has 2 rings (SSSR count). The highest BCUT2D eigenvalue weighted by molar-refractivity contribution is 5.96. The van der Waals surface area contributed by atoms with Crippen LogP contribution in [0.1, 0.15) is 63.0 Å². The zero-order valence-electron chi connectivity index (χ0n) is 13.5. The maximum Gasteiger partial charge on any atom is 0.226 e. The lowest BCUT2D eigenvalue weighted by atomic mass is 10.1. The molecule has 1 heterocycles. The zero-order valence-corrected chi connectivity index (χ0v) is 13.5. The van der Waals surface area contributed by atoms with Gasteiger partial charge in [0.15, 0.2) is 0 Å². The summed E-state index contributed by atoms with van der Waals surface area (Å²) in [6, 6.07) is 4.10. The Morgan fingerprint density at radius 2 is 1.90 bits per heavy atom. The standard InChI is InChI=1S/C18H28N2O/c1-3-4-5-6-7-8-9-18(21)20-11-10-15-12-14(2)16(19)13-17(15)20/h12-13H,3-11,19H2,1-2H3. The number of carbonyl (C=O) groups excluding carboxylic acids is 1. The summed E-state index contributed by atoms with van der Waals surface area (Å²) in [4.78, 5) is 14.3. The van der Waals surface area contributed by atoms with Crippen LogP contribution in [0, 0.1) is 6.92 Å². The van der Waals surface area contributed by atoms with E-state index in [0.717, 1.165) is 36.3 Å². The Morgan fingerprint density at radius 3 is 2.67 bits per heavy atom. The van der Waals surface area contributed by atoms with Gasteiger partial charge in [-0.2, -0.15) is 0 Å². The highest BCUT2D eigenvalue weighted by Crippen LogP contribution is 2.32. The summed E-state index contributed by atoms with van der Waals surface area (Å²) in [6.07, 6.45) is 8.93. The maximum atomic E-state index is 12.4. The fourth-order valence-electron chi connectivity index (χ4n) is 3.03. The molecule has 0 aromatic heterocycles. The molecule has 0 radical (unpaired) electrons. The molecule has 0 atom stereocenters. The molecule has 3 heteroatoms. The molecule has 0 fully saturated rings. The number of aryl methyl sites for hydroxylation is 1. The van der Waals surface area contributed by atoms with Crippen LogP contribution in [0.5, 0.6) is 0 Å². The first-order valence-electron chi connectivity index (χ1n) is 8.33. The second-order valence-corrected chi connectivity index (χ2v) is 6.15. The van der Waals surface area contributed by atoms with Gasteiger partial charge in [0.25, 0.3) is 0 Å². The van der Waals surface area contributed by atoms with Crippen LogP contribution in [0.3, 0.4) is 0 Å². The quantitative estimate of drug-likeness (QED) is 0.603. The Morgan fingerprint density at radius 1 is 1.19 bits per heavy atom. The predicted octanol–water partition coefficient (Wildman–Crippen LogP) is 4.22. The molecule has 0 aliphatic carbocycles. The Kier molecular flexibility index (Phi) is 5.66. The van der Waals surface area contributed by atoms with E-state index in [1.807, 2.05) is 17.9 Å². The molecule has 116 valence electrons. The van der Waals surface area contributed by atoms with E-state index in [1.54, 1.807) is 0 Å². The first-order valence-corrected chi connectivity index (χ1v) is 8.33. The molecule has 2 N–H and O–H groups in total. The van der Waals surface area contributed by atoms with Crippen molar-refractivity contribution in [3.8, 4) is 0 Å². The largest absolute Gasteiger partial charge is 0.398 e. The number of unbranched alkanes of at least 4 members (excludes halogenated alkanes) is 5. The summed E-state index contributed by atoms with van der Waals surface area (Å²) in [6.45, 7) is 5.06. The van der Waals surface area contributed by atoms with Gasteiger partial charge in [0, 0.05) is 24.3 Å². The third-order valence-corrected chi connectivity index (χ3v) is 4.41. The van der Waals surface area contributed by atoms with Gasteiger partial charge in [-0.1, -0.05) is 45.1 Å². The molecule has 3 nitrogen and oxygen atoms in total. The first kappa shape index (κ1) is 15.9. The van der Waals surface area contributed by atoms with Gasteiger partial charge in [0.1, 0.15) is 0 Å². The van der Waals surface area contributed by atoms with E-state index in [2.05, 4.69) is 13.0 Å². The number of benzene rings is 1. The Bertz CT molecular complexity index is 496. The molecule has 1 aromatic carbocycles. The molecular weight excluding hydrogens is 260 g/mol. The molecule has 0 bridgehead atoms. The number of nitrogens with two attached hydrogens (primary N) is 1. The highest BCUT2D eigenvalue weighted by Gasteiger charge is 2.24. The number of hydrogen-bond acceptors (Lipinski definition) is 2. The van der Waals surface area contributed by atoms with Crippen LogP contribution in [-0.2, 0) is 11.2 Å². The smallest absolute Gasteiger partial charge is 0.226 e. The molecule has 1 aliphatic heterocycles. The second kappa shape index (κ2) is 7.48. The van der Waals surface area contributed by atoms with Crippen molar-refractivity contribution in [3.63, 3.8) is 0 Å². The fourth-order valence-corrected chi connectivity index (χ4v) is 3.03. The number of anilines is 2. The number of carbonyl (C=O) groups is 1. The van der Waals surface area contributed by atoms with E-state index in [9.17, 15) is 4.79 Å². The van der Waals surface area contributed by atoms with Gasteiger partial charge in [0.05, 0.1) is 0 Å². The zero-order chi connectivity index (χ0) is 15.2. The van der Waals surface area contributed by atoms with Crippen molar-refractivity contribution in [3.05, 3.63) is 23.3 Å². The number of fused-ring (bicyclic) bond motifs is 1. The molecule has 0 spiro atoms. The summed E-state index contributed by atoms with van der Waals surface area (Å²) >= 11 is 0. The van der Waals surface area contributed by atoms with Crippen molar-refractivity contribution in [1.82, 2.24) is 0 Å². The van der Waals surface area contributed by atoms with E-state index in [4.69, 9.17) is 5.73 Å². The van der Waals surface area contributed by atoms with Crippen LogP contribution >= 0.6 is 0 Å². The second-order valence-electron chi connectivity index (χ2n) is 6.15. The first-order chi connectivity index (χ1) is 10.1. The van der Waals surface area contributed by atoms with Crippen LogP contribution in [0.15, 0.2) is 12.1 Å². The summed E-state index contributed by atoms with van der Waals surface area (Å²) < 4.78 is 0. The molecule has 0 saturated heterocycles. The van der Waals surface area contributed by atoms with Gasteiger partial charge >= 0.3 is 0 Å². The molecule has 1 amide bonds. The van der Waals surface area contributed by atoms with Crippen molar-refractivity contribution < 1.29 is 4.79 Å². The summed E-state index contributed by atoms with van der Waals surface area (Å²) in [5, 5.41) is 0. The third-order valence-electron chi connectivity index (χ3n) is 4.41. The van der Waals surface area contributed by atoms with Gasteiger partial charge in [-0.3, -0.25) is 4.79 Å². The maximum absolute atomic E-state index is 12.4. The minimum Gasteiger partial charge on any atom is -0.398 e. The monoisotopic (exact) mass is 288 g/mol. The number of hydrogen-bond donors (Lipinski definition) is 1. The predicted molar refractivity (Wildman–Crippen MR) is 89.6 cm³/mol. The van der Waals surface area contributed by atoms with Crippen molar-refractivity contribution >= 4 is 17.3 Å². The van der Waals surface area contributed by atoms with Gasteiger partial charge < -0.3 is 10.6 Å². The van der Waals surface area contributed by atoms with E-state index >= 15 is 0 Å². The Hall–Kier alpha value is -1.51. The van der Waals surface area contributed by atoms with E-state index in [-0.39, 0.29) is 5.91 Å². The van der Waals surface area contributed by atoms with Crippen LogP contribution in [0.2, 0.25) is 0 Å². The lowest BCUT2D eigenvalue weighted by Crippen LogP contribution is -2.28. The van der Waals surface area contributed by atoms with Gasteiger partial charge in [-0.05, 0) is 37.0 Å². The minimum absolute atomic E-state index is 0.257. The van der Waals surface area contributed by atoms with Crippen LogP contribution in [0.25, 0.3) is 0 Å². The molecule has 21 heavy (non-hydrogen) atoms. The summed E-state index contributed by atoms with van der Waals surface area (Å²) in [5.74, 6) is 0.257. The lowest BCUT2D eigenvalue weighted by molar-refractivity contribution is -0.118. The fraction of sp³-hybridized carbons (Fsp3) is 0.611. The van der Waals surface area contributed by atoms with Gasteiger partial charge in [-0.15, -0.1) is 0 Å². The topological polar surface area (TPSA) is 46.3 Å². The third kappa shape index (κ3) is 3.99. The molecular formula is C18H28N2O. The summed E-state index contributed by atoms with van der Waals surface area (Å²) in [5.41, 5.74) is 10.2. The summed E-state index contributed by atoms with van der Waals surface area (Å²) in [7, 11) is 0. The number of nitrogen functional groups attached to an aromatic ring is 1. The average molecular weight is 288 g/mol. The number of nitrogens with zero attached hydrogens (tertiary/aromatic N) is 1. The Labute approximate surface area is 128 Å². The molecule has 1 aliphatic rings. The van der Waals surface area contributed by atoms with E-state index < -0.39 is 0 Å². The van der Waals surface area contributed by atoms with Crippen molar-refractivity contribution in [1.29, 1.82) is 0 Å². The van der Waals surface area contributed by atoms with Crippen molar-refractivity contribution in [2.45, 2.75) is 65.2 Å². The Balaban J connectivity index is 1.84. The normalized spacial score (nSPS) is 13.5. The highest BCUT2D eigenvalue weighted by atomic mass is 16.2. The SMILES string of the molecule is CCCCCCCCC(=O)N1CCc2cc(C)c(N)cc21. The average Bonchev–Trinajstić information content (AvgIpc) is 2.86. The molecule has 0 unspecified atom stereocenters. The van der Waals surface area contributed by atoms with Crippen molar-refractivity contribution in [2.24, 2.45) is 0 Å². The van der Waals surface area contributed by atoms with Gasteiger partial charge in [0.2, 0.25) is 5.91 Å². The molecule has 1 aromatic rings. The van der Waals surface area contributed by atoms with Crippen LogP contribution < -0.4 is 10.6 Å².